The fraction of sp³-hybridized carbons (Fsp3) is 0.667. The lowest BCUT2D eigenvalue weighted by Crippen LogP contribution is -2.54. The summed E-state index contributed by atoms with van der Waals surface area (Å²) in [6, 6.07) is 5.24. The highest BCUT2D eigenvalue weighted by Crippen LogP contribution is 2.39. The average molecular weight is 501 g/mol. The number of carbonyl (C=O) groups excluding carboxylic acids is 2. The highest BCUT2D eigenvalue weighted by molar-refractivity contribution is 8.01. The second kappa shape index (κ2) is 12.5. The highest BCUT2D eigenvalue weighted by atomic mass is 35.5. The summed E-state index contributed by atoms with van der Waals surface area (Å²) in [5, 5.41) is 7.84. The Balaban J connectivity index is 1.36. The van der Waals surface area contributed by atoms with E-state index in [1.165, 1.54) is 19.3 Å². The minimum absolute atomic E-state index is 0.0325. The molecule has 0 saturated carbocycles. The summed E-state index contributed by atoms with van der Waals surface area (Å²) in [5.74, 6) is 1.08. The van der Waals surface area contributed by atoms with E-state index in [-0.39, 0.29) is 22.7 Å². The molecule has 2 aliphatic rings. The van der Waals surface area contributed by atoms with Gasteiger partial charge in [-0.25, -0.2) is 0 Å². The van der Waals surface area contributed by atoms with E-state index in [4.69, 9.17) is 23.2 Å². The van der Waals surface area contributed by atoms with Crippen molar-refractivity contribution in [1.29, 1.82) is 0 Å². The van der Waals surface area contributed by atoms with Crippen molar-refractivity contribution < 1.29 is 9.59 Å². The van der Waals surface area contributed by atoms with Crippen LogP contribution in [0.3, 0.4) is 0 Å². The lowest BCUT2D eigenvalue weighted by atomic mass is 10.0. The number of unbranched alkanes of at least 4 members (excludes halogenated alkanes) is 4. The molecule has 178 valence electrons. The van der Waals surface area contributed by atoms with Crippen LogP contribution in [0.25, 0.3) is 0 Å². The summed E-state index contributed by atoms with van der Waals surface area (Å²) in [6.07, 6.45) is 8.97. The van der Waals surface area contributed by atoms with Gasteiger partial charge in [0.15, 0.2) is 0 Å². The predicted octanol–water partition coefficient (Wildman–Crippen LogP) is 5.04. The number of thioether (sulfide) groups is 1. The molecule has 5 nitrogen and oxygen atoms in total. The molecule has 0 bridgehead atoms. The van der Waals surface area contributed by atoms with Crippen LogP contribution in [0, 0.1) is 0 Å². The summed E-state index contributed by atoms with van der Waals surface area (Å²) >= 11 is 14.0. The second-order valence-corrected chi connectivity index (χ2v) is 11.1. The van der Waals surface area contributed by atoms with Crippen LogP contribution in [-0.2, 0) is 16.0 Å². The summed E-state index contributed by atoms with van der Waals surface area (Å²) < 4.78 is 0. The standard InChI is InChI=1S/C24H35Cl2N3O2S/c1-2-3-4-5-6-7-22(30)29-14-11-24(12-15-29)28-21(17-32-24)23(31)27-13-10-18-8-9-19(25)16-20(18)26/h8-9,16,21,28H,2-7,10-15,17H2,1H3,(H,27,31). The lowest BCUT2D eigenvalue weighted by molar-refractivity contribution is -0.132. The molecular weight excluding hydrogens is 465 g/mol. The molecule has 2 aliphatic heterocycles. The molecule has 1 spiro atoms. The third-order valence-electron chi connectivity index (χ3n) is 6.41. The maximum atomic E-state index is 12.7. The summed E-state index contributed by atoms with van der Waals surface area (Å²) in [5.41, 5.74) is 0.976. The maximum absolute atomic E-state index is 12.7. The van der Waals surface area contributed by atoms with E-state index >= 15 is 0 Å². The Bertz CT molecular complexity index is 785. The number of nitrogens with one attached hydrogen (secondary N) is 2. The van der Waals surface area contributed by atoms with Crippen molar-refractivity contribution in [3.05, 3.63) is 33.8 Å². The summed E-state index contributed by atoms with van der Waals surface area (Å²) in [7, 11) is 0. The molecular formula is C24H35Cl2N3O2S. The number of benzene rings is 1. The fourth-order valence-corrected chi connectivity index (χ4v) is 6.32. The van der Waals surface area contributed by atoms with Crippen LogP contribution < -0.4 is 10.6 Å². The van der Waals surface area contributed by atoms with Crippen LogP contribution in [0.5, 0.6) is 0 Å². The number of nitrogens with zero attached hydrogens (tertiary/aromatic N) is 1. The average Bonchev–Trinajstić information content (AvgIpc) is 3.19. The zero-order chi connectivity index (χ0) is 23.0. The van der Waals surface area contributed by atoms with E-state index in [1.54, 1.807) is 6.07 Å². The van der Waals surface area contributed by atoms with Gasteiger partial charge in [-0.05, 0) is 43.4 Å². The molecule has 1 aromatic carbocycles. The molecule has 0 radical (unpaired) electrons. The molecule has 0 aromatic heterocycles. The molecule has 1 aromatic rings. The molecule has 2 N–H and O–H groups in total. The molecule has 8 heteroatoms. The van der Waals surface area contributed by atoms with Crippen LogP contribution in [0.2, 0.25) is 10.0 Å². The van der Waals surface area contributed by atoms with E-state index in [2.05, 4.69) is 17.6 Å². The predicted molar refractivity (Wildman–Crippen MR) is 134 cm³/mol. The van der Waals surface area contributed by atoms with Gasteiger partial charge in [-0.2, -0.15) is 0 Å². The van der Waals surface area contributed by atoms with Crippen molar-refractivity contribution in [1.82, 2.24) is 15.5 Å². The van der Waals surface area contributed by atoms with Gasteiger partial charge in [0.1, 0.15) is 0 Å². The van der Waals surface area contributed by atoms with Gasteiger partial charge in [-0.1, -0.05) is 61.9 Å². The number of amides is 2. The number of carbonyl (C=O) groups is 2. The van der Waals surface area contributed by atoms with Gasteiger partial charge in [0, 0.05) is 41.9 Å². The summed E-state index contributed by atoms with van der Waals surface area (Å²) in [6.45, 7) is 4.29. The monoisotopic (exact) mass is 499 g/mol. The molecule has 2 saturated heterocycles. The van der Waals surface area contributed by atoms with Gasteiger partial charge in [-0.15, -0.1) is 11.8 Å². The molecule has 3 rings (SSSR count). The van der Waals surface area contributed by atoms with Crippen molar-refractivity contribution in [2.75, 3.05) is 25.4 Å². The first-order valence-electron chi connectivity index (χ1n) is 11.8. The van der Waals surface area contributed by atoms with Crippen molar-refractivity contribution >= 4 is 46.8 Å². The van der Waals surface area contributed by atoms with E-state index < -0.39 is 0 Å². The van der Waals surface area contributed by atoms with Crippen LogP contribution in [-0.4, -0.2) is 53.0 Å². The molecule has 2 fully saturated rings. The largest absolute Gasteiger partial charge is 0.354 e. The number of halogens is 2. The van der Waals surface area contributed by atoms with Crippen LogP contribution in [0.4, 0.5) is 0 Å². The third kappa shape index (κ3) is 7.28. The van der Waals surface area contributed by atoms with Crippen LogP contribution >= 0.6 is 35.0 Å². The number of hydrogen-bond acceptors (Lipinski definition) is 4. The van der Waals surface area contributed by atoms with Gasteiger partial charge in [0.05, 0.1) is 10.9 Å². The topological polar surface area (TPSA) is 61.4 Å². The van der Waals surface area contributed by atoms with Crippen molar-refractivity contribution in [3.8, 4) is 0 Å². The van der Waals surface area contributed by atoms with Gasteiger partial charge in [0.2, 0.25) is 11.8 Å². The third-order valence-corrected chi connectivity index (χ3v) is 8.57. The van der Waals surface area contributed by atoms with Crippen molar-refractivity contribution in [2.24, 2.45) is 0 Å². The first-order valence-corrected chi connectivity index (χ1v) is 13.6. The van der Waals surface area contributed by atoms with E-state index in [1.807, 2.05) is 28.8 Å². The molecule has 1 unspecified atom stereocenters. The van der Waals surface area contributed by atoms with Gasteiger partial charge in [0.25, 0.3) is 0 Å². The minimum Gasteiger partial charge on any atom is -0.354 e. The fourth-order valence-electron chi connectivity index (χ4n) is 4.40. The number of hydrogen-bond donors (Lipinski definition) is 2. The number of likely N-dealkylation sites (tertiary alicyclic amines) is 1. The normalized spacial score (nSPS) is 20.0. The molecule has 2 heterocycles. The van der Waals surface area contributed by atoms with Crippen molar-refractivity contribution in [3.63, 3.8) is 0 Å². The first-order chi connectivity index (χ1) is 15.4. The molecule has 32 heavy (non-hydrogen) atoms. The van der Waals surface area contributed by atoms with Crippen LogP contribution in [0.1, 0.15) is 63.9 Å². The Hall–Kier alpha value is -0.950. The van der Waals surface area contributed by atoms with Crippen LogP contribution in [0.15, 0.2) is 18.2 Å². The van der Waals surface area contributed by atoms with Gasteiger partial charge < -0.3 is 10.2 Å². The number of rotatable bonds is 10. The van der Waals surface area contributed by atoms with Gasteiger partial charge >= 0.3 is 0 Å². The SMILES string of the molecule is CCCCCCCC(=O)N1CCC2(CC1)NC(C(=O)NCCc1ccc(Cl)cc1Cl)CS2. The second-order valence-electron chi connectivity index (χ2n) is 8.82. The quantitative estimate of drug-likeness (QED) is 0.442. The smallest absolute Gasteiger partial charge is 0.238 e. The van der Waals surface area contributed by atoms with Crippen molar-refractivity contribution in [2.45, 2.75) is 75.6 Å². The zero-order valence-corrected chi connectivity index (χ0v) is 21.3. The maximum Gasteiger partial charge on any atom is 0.238 e. The number of piperidine rings is 1. The highest BCUT2D eigenvalue weighted by Gasteiger charge is 2.44. The lowest BCUT2D eigenvalue weighted by Gasteiger charge is -2.39. The first kappa shape index (κ1) is 25.7. The Labute approximate surface area is 206 Å². The Kier molecular flexibility index (Phi) is 10.0. The van der Waals surface area contributed by atoms with E-state index in [9.17, 15) is 9.59 Å². The van der Waals surface area contributed by atoms with E-state index in [0.29, 0.717) is 29.4 Å². The Morgan fingerprint density at radius 1 is 1.19 bits per heavy atom. The van der Waals surface area contributed by atoms with E-state index in [0.717, 1.165) is 50.1 Å². The van der Waals surface area contributed by atoms with Gasteiger partial charge in [-0.3, -0.25) is 14.9 Å². The minimum atomic E-state index is -0.193. The zero-order valence-electron chi connectivity index (χ0n) is 18.9. The molecule has 0 aliphatic carbocycles. The Morgan fingerprint density at radius 2 is 1.94 bits per heavy atom. The molecule has 2 amide bonds. The summed E-state index contributed by atoms with van der Waals surface area (Å²) in [4.78, 5) is 27.1. The Morgan fingerprint density at radius 3 is 2.66 bits per heavy atom. The molecule has 1 atom stereocenters.